The molecule has 2 aromatic heterocycles. The van der Waals surface area contributed by atoms with Crippen LogP contribution in [0.5, 0.6) is 11.5 Å². The third-order valence-electron chi connectivity index (χ3n) is 5.91. The van der Waals surface area contributed by atoms with Gasteiger partial charge in [-0.1, -0.05) is 6.42 Å². The zero-order valence-corrected chi connectivity index (χ0v) is 21.2. The summed E-state index contributed by atoms with van der Waals surface area (Å²) in [5.74, 6) is 1.15. The Kier molecular flexibility index (Phi) is 10.3. The van der Waals surface area contributed by atoms with Gasteiger partial charge in [-0.05, 0) is 63.2 Å². The lowest BCUT2D eigenvalue weighted by Crippen LogP contribution is -2.33. The quantitative estimate of drug-likeness (QED) is 0.444. The summed E-state index contributed by atoms with van der Waals surface area (Å²) in [5, 5.41) is 3.01. The van der Waals surface area contributed by atoms with Gasteiger partial charge in [0.25, 0.3) is 5.91 Å². The topological polar surface area (TPSA) is 94.1 Å². The average Bonchev–Trinajstić information content (AvgIpc) is 3.27. The predicted molar refractivity (Wildman–Crippen MR) is 140 cm³/mol. The molecule has 0 saturated carbocycles. The molecule has 3 heterocycles. The van der Waals surface area contributed by atoms with E-state index in [1.807, 2.05) is 24.4 Å². The second-order valence-corrected chi connectivity index (χ2v) is 8.12. The highest BCUT2D eigenvalue weighted by Crippen LogP contribution is 2.32. The van der Waals surface area contributed by atoms with Gasteiger partial charge in [0.2, 0.25) is 0 Å². The number of halogens is 2. The van der Waals surface area contributed by atoms with Gasteiger partial charge in [-0.15, -0.1) is 24.8 Å². The molecule has 0 aliphatic carbocycles. The van der Waals surface area contributed by atoms with E-state index in [9.17, 15) is 4.79 Å². The van der Waals surface area contributed by atoms with Crippen LogP contribution in [0.25, 0.3) is 16.9 Å². The molecule has 0 atom stereocenters. The molecule has 1 aliphatic heterocycles. The zero-order valence-electron chi connectivity index (χ0n) is 19.6. The maximum absolute atomic E-state index is 12.7. The van der Waals surface area contributed by atoms with Crippen molar-refractivity contribution in [1.82, 2.24) is 19.6 Å². The summed E-state index contributed by atoms with van der Waals surface area (Å²) < 4.78 is 12.5. The maximum atomic E-state index is 12.7. The first-order valence-electron chi connectivity index (χ1n) is 11.1. The van der Waals surface area contributed by atoms with Gasteiger partial charge >= 0.3 is 0 Å². The lowest BCUT2D eigenvalue weighted by atomic mass is 10.1. The summed E-state index contributed by atoms with van der Waals surface area (Å²) in [6, 6.07) is 7.30. The van der Waals surface area contributed by atoms with Gasteiger partial charge in [0.05, 0.1) is 31.2 Å². The molecule has 3 N–H and O–H groups in total. The maximum Gasteiger partial charge on any atom is 0.252 e. The molecule has 0 radical (unpaired) electrons. The number of amides is 1. The number of nitrogens with one attached hydrogen (secondary N) is 1. The van der Waals surface area contributed by atoms with E-state index in [0.717, 1.165) is 24.2 Å². The van der Waals surface area contributed by atoms with E-state index < -0.39 is 0 Å². The van der Waals surface area contributed by atoms with Gasteiger partial charge in [0.15, 0.2) is 17.1 Å². The van der Waals surface area contributed by atoms with Crippen LogP contribution in [0.1, 0.15) is 36.0 Å². The second kappa shape index (κ2) is 12.7. The molecule has 4 rings (SSSR count). The number of aromatic nitrogens is 2. The molecule has 0 bridgehead atoms. The number of carbonyl (C=O) groups excluding carboxylic acids is 1. The molecule has 1 aromatic carbocycles. The highest BCUT2D eigenvalue weighted by molar-refractivity contribution is 5.95. The Morgan fingerprint density at radius 2 is 1.79 bits per heavy atom. The Bertz CT molecular complexity index is 1100. The smallest absolute Gasteiger partial charge is 0.252 e. The SMILES string of the molecule is COc1ccc(-c2cn3cc(C(=O)NCCCN4CCCCC4)cc(N)c3n2)cc1OC.Cl.Cl. The van der Waals surface area contributed by atoms with Crippen molar-refractivity contribution in [2.75, 3.05) is 46.1 Å². The van der Waals surface area contributed by atoms with Crippen molar-refractivity contribution in [2.24, 2.45) is 0 Å². The summed E-state index contributed by atoms with van der Waals surface area (Å²) in [5.41, 5.74) is 9.41. The number of pyridine rings is 1. The minimum atomic E-state index is -0.126. The molecule has 3 aromatic rings. The number of likely N-dealkylation sites (tertiary alicyclic amines) is 1. The van der Waals surface area contributed by atoms with Crippen molar-refractivity contribution in [3.8, 4) is 22.8 Å². The minimum Gasteiger partial charge on any atom is -0.493 e. The monoisotopic (exact) mass is 509 g/mol. The van der Waals surface area contributed by atoms with Crippen LogP contribution in [0.4, 0.5) is 5.69 Å². The van der Waals surface area contributed by atoms with Crippen LogP contribution in [0.15, 0.2) is 36.7 Å². The first-order valence-corrected chi connectivity index (χ1v) is 11.1. The Hall–Kier alpha value is -2.68. The Morgan fingerprint density at radius 3 is 2.50 bits per heavy atom. The van der Waals surface area contributed by atoms with Crippen LogP contribution in [0, 0.1) is 0 Å². The number of anilines is 1. The molecule has 186 valence electrons. The molecule has 0 unspecified atom stereocenters. The highest BCUT2D eigenvalue weighted by Gasteiger charge is 2.14. The van der Waals surface area contributed by atoms with Crippen molar-refractivity contribution < 1.29 is 14.3 Å². The van der Waals surface area contributed by atoms with Crippen LogP contribution < -0.4 is 20.5 Å². The number of hydrogen-bond acceptors (Lipinski definition) is 6. The highest BCUT2D eigenvalue weighted by atomic mass is 35.5. The molecule has 10 heteroatoms. The van der Waals surface area contributed by atoms with Gasteiger partial charge in [-0.2, -0.15) is 0 Å². The summed E-state index contributed by atoms with van der Waals surface area (Å²) in [7, 11) is 3.20. The van der Waals surface area contributed by atoms with Crippen molar-refractivity contribution >= 4 is 42.1 Å². The largest absolute Gasteiger partial charge is 0.493 e. The molecule has 1 saturated heterocycles. The molecular weight excluding hydrogens is 477 g/mol. The summed E-state index contributed by atoms with van der Waals surface area (Å²) >= 11 is 0. The predicted octanol–water partition coefficient (Wildman–Crippen LogP) is 4.05. The molecule has 8 nitrogen and oxygen atoms in total. The van der Waals surface area contributed by atoms with Gasteiger partial charge in [-0.25, -0.2) is 4.98 Å². The van der Waals surface area contributed by atoms with Gasteiger partial charge in [0.1, 0.15) is 0 Å². The molecule has 34 heavy (non-hydrogen) atoms. The summed E-state index contributed by atoms with van der Waals surface area (Å²) in [6.45, 7) is 4.01. The standard InChI is InChI=1S/C24H31N5O3.2ClH/c1-31-21-8-7-17(14-22(21)32-2)20-16-29-15-18(13-19(25)23(29)27-20)24(30)26-9-6-12-28-10-4-3-5-11-28;;/h7-8,13-16H,3-6,9-12,25H2,1-2H3,(H,26,30);2*1H. The van der Waals surface area contributed by atoms with Crippen molar-refractivity contribution in [3.05, 3.63) is 42.2 Å². The van der Waals surface area contributed by atoms with Gasteiger partial charge in [0, 0.05) is 24.5 Å². The second-order valence-electron chi connectivity index (χ2n) is 8.12. The Labute approximate surface area is 212 Å². The average molecular weight is 510 g/mol. The first-order chi connectivity index (χ1) is 15.6. The lowest BCUT2D eigenvalue weighted by Gasteiger charge is -2.26. The van der Waals surface area contributed by atoms with Crippen LogP contribution in [0.3, 0.4) is 0 Å². The Morgan fingerprint density at radius 1 is 1.06 bits per heavy atom. The van der Waals surface area contributed by atoms with Gasteiger partial charge in [-0.3, -0.25) is 4.79 Å². The fraction of sp³-hybridized carbons (Fsp3) is 0.417. The fourth-order valence-corrected chi connectivity index (χ4v) is 4.17. The Balaban J connectivity index is 0.00000204. The van der Waals surface area contributed by atoms with E-state index in [0.29, 0.717) is 34.9 Å². The van der Waals surface area contributed by atoms with E-state index in [1.165, 1.54) is 32.4 Å². The third kappa shape index (κ3) is 6.25. The van der Waals surface area contributed by atoms with E-state index in [2.05, 4.69) is 15.2 Å². The summed E-state index contributed by atoms with van der Waals surface area (Å²) in [6.07, 6.45) is 8.46. The fourth-order valence-electron chi connectivity index (χ4n) is 4.17. The number of fused-ring (bicyclic) bond motifs is 1. The summed E-state index contributed by atoms with van der Waals surface area (Å²) in [4.78, 5) is 19.8. The minimum absolute atomic E-state index is 0. The molecule has 1 aliphatic rings. The van der Waals surface area contributed by atoms with E-state index in [-0.39, 0.29) is 30.7 Å². The number of ether oxygens (including phenoxy) is 2. The number of hydrogen-bond donors (Lipinski definition) is 2. The van der Waals surface area contributed by atoms with E-state index in [4.69, 9.17) is 15.2 Å². The molecule has 1 amide bonds. The van der Waals surface area contributed by atoms with Crippen molar-refractivity contribution in [2.45, 2.75) is 25.7 Å². The third-order valence-corrected chi connectivity index (χ3v) is 5.91. The number of rotatable bonds is 8. The number of nitrogens with zero attached hydrogens (tertiary/aromatic N) is 3. The van der Waals surface area contributed by atoms with Crippen molar-refractivity contribution in [1.29, 1.82) is 0 Å². The van der Waals surface area contributed by atoms with Crippen LogP contribution in [-0.4, -0.2) is 60.6 Å². The van der Waals surface area contributed by atoms with E-state index in [1.54, 1.807) is 30.9 Å². The number of nitrogen functional groups attached to an aromatic ring is 1. The van der Waals surface area contributed by atoms with Crippen molar-refractivity contribution in [3.63, 3.8) is 0 Å². The number of methoxy groups -OCH3 is 2. The first kappa shape index (κ1) is 27.6. The van der Waals surface area contributed by atoms with E-state index >= 15 is 0 Å². The molecule has 1 fully saturated rings. The number of carbonyl (C=O) groups is 1. The van der Waals surface area contributed by atoms with Crippen LogP contribution in [0.2, 0.25) is 0 Å². The number of imidazole rings is 1. The van der Waals surface area contributed by atoms with Gasteiger partial charge < -0.3 is 29.8 Å². The number of nitrogens with two attached hydrogens (primary N) is 1. The number of piperidine rings is 1. The molecular formula is C24H33Cl2N5O3. The zero-order chi connectivity index (χ0) is 22.5. The van der Waals surface area contributed by atoms with Crippen LogP contribution in [-0.2, 0) is 0 Å². The lowest BCUT2D eigenvalue weighted by molar-refractivity contribution is 0.0950. The number of benzene rings is 1. The normalized spacial score (nSPS) is 13.6. The molecule has 0 spiro atoms. The van der Waals surface area contributed by atoms with Crippen LogP contribution >= 0.6 is 24.8 Å².